The molecule has 1 aliphatic heterocycles. The highest BCUT2D eigenvalue weighted by atomic mass is 16.6. The average molecular weight is 286 g/mol. The van der Waals surface area contributed by atoms with Gasteiger partial charge in [-0.25, -0.2) is 4.98 Å². The Morgan fingerprint density at radius 3 is 2.86 bits per heavy atom. The van der Waals surface area contributed by atoms with Gasteiger partial charge in [-0.15, -0.1) is 0 Å². The van der Waals surface area contributed by atoms with Gasteiger partial charge in [-0.1, -0.05) is 12.1 Å². The van der Waals surface area contributed by atoms with Crippen LogP contribution in [0.1, 0.15) is 6.42 Å². The van der Waals surface area contributed by atoms with E-state index in [1.165, 1.54) is 6.07 Å². The number of ether oxygens (including phenoxy) is 1. The number of nitro groups is 1. The molecule has 0 amide bonds. The number of aromatic nitrogens is 1. The fraction of sp³-hybridized carbons (Fsp3) is 0.214. The van der Waals surface area contributed by atoms with E-state index in [4.69, 9.17) is 10.5 Å². The number of nitrogens with zero attached hydrogens (tertiary/aromatic N) is 3. The van der Waals surface area contributed by atoms with Crippen molar-refractivity contribution in [1.82, 2.24) is 4.98 Å². The molecule has 2 aromatic rings. The van der Waals surface area contributed by atoms with Gasteiger partial charge < -0.3 is 15.4 Å². The molecule has 0 spiro atoms. The van der Waals surface area contributed by atoms with Crippen molar-refractivity contribution in [3.63, 3.8) is 0 Å². The molecule has 1 aromatic heterocycles. The molecule has 0 radical (unpaired) electrons. The zero-order valence-electron chi connectivity index (χ0n) is 11.2. The van der Waals surface area contributed by atoms with E-state index < -0.39 is 4.92 Å². The first-order valence-corrected chi connectivity index (χ1v) is 6.57. The Balaban J connectivity index is 2.04. The minimum Gasteiger partial charge on any atom is -0.491 e. The van der Waals surface area contributed by atoms with Gasteiger partial charge in [0.2, 0.25) is 5.82 Å². The Hall–Kier alpha value is -2.83. The summed E-state index contributed by atoms with van der Waals surface area (Å²) >= 11 is 0. The number of benzene rings is 1. The number of nitrogens with two attached hydrogens (primary N) is 1. The Morgan fingerprint density at radius 1 is 1.29 bits per heavy atom. The van der Waals surface area contributed by atoms with Crippen molar-refractivity contribution in [1.29, 1.82) is 0 Å². The molecule has 0 atom stereocenters. The van der Waals surface area contributed by atoms with Crippen LogP contribution >= 0.6 is 0 Å². The van der Waals surface area contributed by atoms with E-state index in [0.717, 1.165) is 17.9 Å². The lowest BCUT2D eigenvalue weighted by Gasteiger charge is -2.22. The summed E-state index contributed by atoms with van der Waals surface area (Å²) in [6, 6.07) is 10.6. The first-order valence-electron chi connectivity index (χ1n) is 6.57. The van der Waals surface area contributed by atoms with Crippen LogP contribution in [0.3, 0.4) is 0 Å². The summed E-state index contributed by atoms with van der Waals surface area (Å²) in [7, 11) is 0. The monoisotopic (exact) mass is 286 g/mol. The largest absolute Gasteiger partial charge is 0.491 e. The van der Waals surface area contributed by atoms with Gasteiger partial charge >= 0.3 is 5.69 Å². The predicted molar refractivity (Wildman–Crippen MR) is 78.9 cm³/mol. The summed E-state index contributed by atoms with van der Waals surface area (Å²) in [6.45, 7) is 1.33. The third kappa shape index (κ3) is 2.45. The van der Waals surface area contributed by atoms with Crippen LogP contribution in [0.25, 0.3) is 0 Å². The standard InChI is InChI=1S/C14H14N4O3/c15-14-11(18(19)20)6-7-13(16-14)17-8-3-9-21-12-5-2-1-4-10(12)17/h1-2,4-7H,3,8-9H2,(H2,15,16). The van der Waals surface area contributed by atoms with Crippen molar-refractivity contribution >= 4 is 23.0 Å². The van der Waals surface area contributed by atoms with Crippen molar-refractivity contribution in [2.24, 2.45) is 0 Å². The first kappa shape index (κ1) is 13.2. The van der Waals surface area contributed by atoms with Crippen molar-refractivity contribution in [3.05, 3.63) is 46.5 Å². The van der Waals surface area contributed by atoms with Crippen molar-refractivity contribution in [3.8, 4) is 5.75 Å². The molecule has 1 aromatic carbocycles. The molecule has 0 unspecified atom stereocenters. The summed E-state index contributed by atoms with van der Waals surface area (Å²) < 4.78 is 5.68. The van der Waals surface area contributed by atoms with Crippen molar-refractivity contribution in [2.45, 2.75) is 6.42 Å². The molecule has 0 bridgehead atoms. The van der Waals surface area contributed by atoms with Gasteiger partial charge in [0.05, 0.1) is 17.2 Å². The van der Waals surface area contributed by atoms with E-state index in [9.17, 15) is 10.1 Å². The third-order valence-electron chi connectivity index (χ3n) is 3.30. The van der Waals surface area contributed by atoms with Crippen molar-refractivity contribution < 1.29 is 9.66 Å². The maximum Gasteiger partial charge on any atom is 0.311 e. The van der Waals surface area contributed by atoms with E-state index in [1.54, 1.807) is 6.07 Å². The number of hydrogen-bond acceptors (Lipinski definition) is 6. The fourth-order valence-corrected chi connectivity index (χ4v) is 2.33. The highest BCUT2D eigenvalue weighted by Gasteiger charge is 2.21. The predicted octanol–water partition coefficient (Wildman–Crippen LogP) is 2.49. The second kappa shape index (κ2) is 5.28. The molecular weight excluding hydrogens is 272 g/mol. The highest BCUT2D eigenvalue weighted by molar-refractivity contribution is 5.69. The molecule has 108 valence electrons. The van der Waals surface area contributed by atoms with Crippen LogP contribution in [0.15, 0.2) is 36.4 Å². The molecule has 0 saturated heterocycles. The minimum absolute atomic E-state index is 0.0832. The van der Waals surface area contributed by atoms with Gasteiger partial charge in [0, 0.05) is 12.6 Å². The Labute approximate surface area is 121 Å². The van der Waals surface area contributed by atoms with Gasteiger partial charge in [0.25, 0.3) is 0 Å². The van der Waals surface area contributed by atoms with Crippen LogP contribution in [0.5, 0.6) is 5.75 Å². The molecule has 7 heteroatoms. The quantitative estimate of drug-likeness (QED) is 0.673. The van der Waals surface area contributed by atoms with Crippen LogP contribution in [-0.4, -0.2) is 23.1 Å². The van der Waals surface area contributed by atoms with Crippen LogP contribution in [0, 0.1) is 10.1 Å². The molecule has 0 fully saturated rings. The maximum absolute atomic E-state index is 10.8. The molecule has 2 N–H and O–H groups in total. The number of rotatable bonds is 2. The van der Waals surface area contributed by atoms with Gasteiger partial charge in [0.15, 0.2) is 0 Å². The molecule has 3 rings (SSSR count). The molecule has 2 heterocycles. The summed E-state index contributed by atoms with van der Waals surface area (Å²) in [5.41, 5.74) is 6.38. The lowest BCUT2D eigenvalue weighted by Crippen LogP contribution is -2.19. The molecule has 1 aliphatic rings. The van der Waals surface area contributed by atoms with Gasteiger partial charge in [-0.05, 0) is 24.6 Å². The Morgan fingerprint density at radius 2 is 2.10 bits per heavy atom. The van der Waals surface area contributed by atoms with E-state index in [-0.39, 0.29) is 11.5 Å². The number of pyridine rings is 1. The van der Waals surface area contributed by atoms with Gasteiger partial charge in [-0.3, -0.25) is 10.1 Å². The summed E-state index contributed by atoms with van der Waals surface area (Å²) in [5.74, 6) is 1.27. The zero-order valence-corrected chi connectivity index (χ0v) is 11.2. The second-order valence-electron chi connectivity index (χ2n) is 4.65. The van der Waals surface area contributed by atoms with E-state index in [2.05, 4.69) is 4.98 Å². The smallest absolute Gasteiger partial charge is 0.311 e. The fourth-order valence-electron chi connectivity index (χ4n) is 2.33. The van der Waals surface area contributed by atoms with Gasteiger partial charge in [0.1, 0.15) is 11.6 Å². The second-order valence-corrected chi connectivity index (χ2v) is 4.65. The topological polar surface area (TPSA) is 94.5 Å². The lowest BCUT2D eigenvalue weighted by atomic mass is 10.2. The molecule has 0 aliphatic carbocycles. The molecule has 7 nitrogen and oxygen atoms in total. The maximum atomic E-state index is 10.8. The number of nitrogen functional groups attached to an aromatic ring is 1. The highest BCUT2D eigenvalue weighted by Crippen LogP contribution is 2.36. The molecule has 21 heavy (non-hydrogen) atoms. The van der Waals surface area contributed by atoms with E-state index >= 15 is 0 Å². The number of hydrogen-bond donors (Lipinski definition) is 1. The number of fused-ring (bicyclic) bond motifs is 1. The first-order chi connectivity index (χ1) is 10.2. The summed E-state index contributed by atoms with van der Waals surface area (Å²) in [6.07, 6.45) is 0.827. The van der Waals surface area contributed by atoms with E-state index in [0.29, 0.717) is 19.0 Å². The SMILES string of the molecule is Nc1nc(N2CCCOc3ccccc32)ccc1[N+](=O)[O-]. The van der Waals surface area contributed by atoms with Crippen LogP contribution < -0.4 is 15.4 Å². The third-order valence-corrected chi connectivity index (χ3v) is 3.30. The lowest BCUT2D eigenvalue weighted by molar-refractivity contribution is -0.384. The Bertz CT molecular complexity index is 690. The van der Waals surface area contributed by atoms with Crippen molar-refractivity contribution in [2.75, 3.05) is 23.8 Å². The summed E-state index contributed by atoms with van der Waals surface area (Å²) in [5, 5.41) is 10.8. The molecular formula is C14H14N4O3. The minimum atomic E-state index is -0.536. The van der Waals surface area contributed by atoms with Crippen LogP contribution in [0.2, 0.25) is 0 Å². The normalized spacial score (nSPS) is 14.0. The summed E-state index contributed by atoms with van der Waals surface area (Å²) in [4.78, 5) is 16.4. The average Bonchev–Trinajstić information content (AvgIpc) is 2.69. The number of para-hydroxylation sites is 2. The van der Waals surface area contributed by atoms with E-state index in [1.807, 2.05) is 29.2 Å². The van der Waals surface area contributed by atoms with Crippen LogP contribution in [0.4, 0.5) is 23.0 Å². The van der Waals surface area contributed by atoms with Gasteiger partial charge in [-0.2, -0.15) is 0 Å². The Kier molecular flexibility index (Phi) is 3.31. The van der Waals surface area contributed by atoms with Crippen LogP contribution in [-0.2, 0) is 0 Å². The molecule has 0 saturated carbocycles. The number of anilines is 3. The zero-order chi connectivity index (χ0) is 14.8.